The van der Waals surface area contributed by atoms with E-state index >= 15 is 0 Å². The molecule has 2 heterocycles. The molecule has 51 heavy (non-hydrogen) atoms. The van der Waals surface area contributed by atoms with E-state index in [1.165, 1.54) is 13.0 Å². The number of aromatic nitrogens is 2. The molecule has 10 nitrogen and oxygen atoms in total. The van der Waals surface area contributed by atoms with Crippen molar-refractivity contribution in [3.05, 3.63) is 69.0 Å². The lowest BCUT2D eigenvalue weighted by Gasteiger charge is -2.35. The number of rotatable bonds is 8. The molecule has 0 unspecified atom stereocenters. The zero-order valence-electron chi connectivity index (χ0n) is 28.8. The molecule has 0 bridgehead atoms. The molecule has 14 heteroatoms. The largest absolute Gasteiger partial charge is 0.388 e. The van der Waals surface area contributed by atoms with Gasteiger partial charge in [0.15, 0.2) is 5.78 Å². The van der Waals surface area contributed by atoms with Crippen LogP contribution >= 0.6 is 23.2 Å². The highest BCUT2D eigenvalue weighted by Gasteiger charge is 2.42. The van der Waals surface area contributed by atoms with Crippen molar-refractivity contribution < 1.29 is 38.5 Å². The number of hydrogen-bond donors (Lipinski definition) is 7. The minimum absolute atomic E-state index is 0.0937. The van der Waals surface area contributed by atoms with Gasteiger partial charge in [-0.15, -0.1) is 0 Å². The molecule has 2 aliphatic rings. The van der Waals surface area contributed by atoms with Crippen LogP contribution in [0.5, 0.6) is 0 Å². The first-order valence-corrected chi connectivity index (χ1v) is 17.8. The molecule has 7 N–H and O–H groups in total. The van der Waals surface area contributed by atoms with Crippen molar-refractivity contribution in [1.82, 2.24) is 20.6 Å². The number of alkyl halides is 2. The van der Waals surface area contributed by atoms with Crippen LogP contribution in [0.25, 0.3) is 21.8 Å². The first kappa shape index (κ1) is 38.7. The fourth-order valence-corrected chi connectivity index (χ4v) is 7.41. The maximum atomic E-state index is 13.3. The Morgan fingerprint density at radius 2 is 1.24 bits per heavy atom. The zero-order valence-corrected chi connectivity index (χ0v) is 30.3. The van der Waals surface area contributed by atoms with Crippen molar-refractivity contribution >= 4 is 62.6 Å². The summed E-state index contributed by atoms with van der Waals surface area (Å²) in [6.45, 7) is 4.78. The number of halogens is 4. The maximum Gasteiger partial charge on any atom is 0.252 e. The van der Waals surface area contributed by atoms with E-state index < -0.39 is 41.5 Å². The molecule has 0 aliphatic heterocycles. The Hall–Kier alpha value is -3.55. The lowest BCUT2D eigenvalue weighted by molar-refractivity contribution is -0.101. The van der Waals surface area contributed by atoms with Gasteiger partial charge in [0.05, 0.1) is 49.0 Å². The summed E-state index contributed by atoms with van der Waals surface area (Å²) in [6.07, 6.45) is 6.83. The SMILES string of the molecule is CC(=O)c1cc(C(=O)NCC2(O)CCC(F)(F)CC2)c(Cl)c2cc[nH]c12.CC(C)(O)c1cc(C(=O)NCC2(O)CCCCC2)c(Cl)c2cc[nH]c12. The summed E-state index contributed by atoms with van der Waals surface area (Å²) in [5, 5.41) is 38.6. The molecule has 2 fully saturated rings. The Morgan fingerprint density at radius 1 is 0.765 bits per heavy atom. The van der Waals surface area contributed by atoms with Gasteiger partial charge in [0, 0.05) is 60.2 Å². The normalized spacial score (nSPS) is 18.2. The number of aromatic amines is 2. The molecule has 2 saturated carbocycles. The predicted octanol–water partition coefficient (Wildman–Crippen LogP) is 7.17. The van der Waals surface area contributed by atoms with Crippen molar-refractivity contribution in [1.29, 1.82) is 0 Å². The van der Waals surface area contributed by atoms with Crippen molar-refractivity contribution in [2.24, 2.45) is 0 Å². The van der Waals surface area contributed by atoms with E-state index in [0.29, 0.717) is 50.8 Å². The standard InChI is InChI=1S/C19H25ClN2O3.C18H19ClF2N2O3/c1-18(2,24)14-10-13(15(20)12-6-9-21-16(12)14)17(23)22-11-19(25)7-4-3-5-8-19;1-10(24)12-8-13(14(19)11-2-7-22-15(11)12)16(25)23-9-17(26)3-5-18(20,21)6-4-17/h6,9-10,21,24-25H,3-5,7-8,11H2,1-2H3,(H,22,23);2,7-8,22,26H,3-6,9H2,1H3,(H,23,25). The molecule has 0 spiro atoms. The number of carbonyl (C=O) groups excluding carboxylic acids is 3. The van der Waals surface area contributed by atoms with Crippen molar-refractivity contribution in [3.8, 4) is 0 Å². The Kier molecular flexibility index (Phi) is 11.2. The van der Waals surface area contributed by atoms with Crippen molar-refractivity contribution in [2.45, 2.75) is 101 Å². The van der Waals surface area contributed by atoms with E-state index in [9.17, 15) is 38.5 Å². The van der Waals surface area contributed by atoms with Gasteiger partial charge in [0.1, 0.15) is 0 Å². The molecule has 6 rings (SSSR count). The number of Topliss-reactive ketones (excluding diaryl/α,β-unsaturated/α-hetero) is 1. The Bertz CT molecular complexity index is 1930. The highest BCUT2D eigenvalue weighted by atomic mass is 35.5. The minimum atomic E-state index is -2.77. The zero-order chi connectivity index (χ0) is 37.4. The van der Waals surface area contributed by atoms with E-state index in [0.717, 1.165) is 24.8 Å². The number of aliphatic hydroxyl groups is 3. The number of ketones is 1. The summed E-state index contributed by atoms with van der Waals surface area (Å²) < 4.78 is 26.5. The number of fused-ring (bicyclic) bond motifs is 2. The Labute approximate surface area is 304 Å². The van der Waals surface area contributed by atoms with Crippen LogP contribution < -0.4 is 10.6 Å². The Balaban J connectivity index is 0.000000198. The van der Waals surface area contributed by atoms with E-state index in [-0.39, 0.29) is 48.2 Å². The van der Waals surface area contributed by atoms with Crippen LogP contribution in [0.4, 0.5) is 8.78 Å². The van der Waals surface area contributed by atoms with E-state index in [2.05, 4.69) is 20.6 Å². The second kappa shape index (κ2) is 14.8. The van der Waals surface area contributed by atoms with Crippen molar-refractivity contribution in [2.75, 3.05) is 13.1 Å². The molecule has 2 aromatic carbocycles. The summed E-state index contributed by atoms with van der Waals surface area (Å²) in [6, 6.07) is 6.48. The van der Waals surface area contributed by atoms with E-state index in [1.54, 1.807) is 44.4 Å². The van der Waals surface area contributed by atoms with E-state index in [1.807, 2.05) is 0 Å². The summed E-state index contributed by atoms with van der Waals surface area (Å²) in [5.74, 6) is -3.89. The van der Waals surface area contributed by atoms with Gasteiger partial charge < -0.3 is 35.9 Å². The van der Waals surface area contributed by atoms with E-state index in [4.69, 9.17) is 23.2 Å². The second-order valence-corrected chi connectivity index (χ2v) is 15.2. The van der Waals surface area contributed by atoms with Crippen LogP contribution in [-0.2, 0) is 5.60 Å². The molecular formula is C37H44Cl2F2N4O6. The fourth-order valence-electron chi connectivity index (χ4n) is 6.82. The van der Waals surface area contributed by atoms with Crippen LogP contribution in [0.2, 0.25) is 10.0 Å². The number of hydrogen-bond acceptors (Lipinski definition) is 6. The van der Waals surface area contributed by atoms with Gasteiger partial charge in [0.2, 0.25) is 5.92 Å². The molecule has 2 aromatic heterocycles. The predicted molar refractivity (Wildman–Crippen MR) is 193 cm³/mol. The number of amides is 2. The van der Waals surface area contributed by atoms with Crippen LogP contribution in [0.1, 0.15) is 115 Å². The first-order valence-electron chi connectivity index (χ1n) is 17.1. The maximum absolute atomic E-state index is 13.3. The number of nitrogens with one attached hydrogen (secondary N) is 4. The third-order valence-electron chi connectivity index (χ3n) is 9.94. The monoisotopic (exact) mass is 748 g/mol. The molecular weight excluding hydrogens is 705 g/mol. The van der Waals surface area contributed by atoms with Gasteiger partial charge in [0.25, 0.3) is 11.8 Å². The number of H-pyrrole nitrogens is 2. The van der Waals surface area contributed by atoms with Gasteiger partial charge in [-0.1, -0.05) is 42.5 Å². The first-order chi connectivity index (χ1) is 23.8. The average molecular weight is 750 g/mol. The van der Waals surface area contributed by atoms with Gasteiger partial charge in [-0.25, -0.2) is 8.78 Å². The summed E-state index contributed by atoms with van der Waals surface area (Å²) in [4.78, 5) is 43.1. The van der Waals surface area contributed by atoms with Crippen LogP contribution in [0, 0.1) is 0 Å². The molecule has 2 aliphatic carbocycles. The molecule has 4 aromatic rings. The van der Waals surface area contributed by atoms with Gasteiger partial charge in [-0.05, 0) is 70.7 Å². The number of benzene rings is 2. The molecule has 0 saturated heterocycles. The molecule has 276 valence electrons. The average Bonchev–Trinajstić information content (AvgIpc) is 3.76. The van der Waals surface area contributed by atoms with Crippen LogP contribution in [-0.4, -0.2) is 73.1 Å². The molecule has 0 atom stereocenters. The topological polar surface area (TPSA) is 168 Å². The number of carbonyl (C=O) groups is 3. The second-order valence-electron chi connectivity index (χ2n) is 14.4. The lowest BCUT2D eigenvalue weighted by Crippen LogP contribution is -2.47. The summed E-state index contributed by atoms with van der Waals surface area (Å²) in [7, 11) is 0. The minimum Gasteiger partial charge on any atom is -0.388 e. The third-order valence-corrected chi connectivity index (χ3v) is 10.8. The third kappa shape index (κ3) is 8.74. The van der Waals surface area contributed by atoms with Crippen LogP contribution in [0.3, 0.4) is 0 Å². The quantitative estimate of drug-likeness (QED) is 0.0944. The molecule has 2 amide bonds. The van der Waals surface area contributed by atoms with Gasteiger partial charge in [-0.3, -0.25) is 14.4 Å². The highest BCUT2D eigenvalue weighted by molar-refractivity contribution is 6.39. The summed E-state index contributed by atoms with van der Waals surface area (Å²) >= 11 is 12.7. The summed E-state index contributed by atoms with van der Waals surface area (Å²) in [5.41, 5.74) is -0.701. The molecule has 0 radical (unpaired) electrons. The van der Waals surface area contributed by atoms with Gasteiger partial charge in [-0.2, -0.15) is 0 Å². The lowest BCUT2D eigenvalue weighted by atomic mass is 9.82. The highest BCUT2D eigenvalue weighted by Crippen LogP contribution is 2.39. The smallest absolute Gasteiger partial charge is 0.252 e. The Morgan fingerprint density at radius 3 is 1.75 bits per heavy atom. The van der Waals surface area contributed by atoms with Crippen LogP contribution in [0.15, 0.2) is 36.7 Å². The van der Waals surface area contributed by atoms with Crippen molar-refractivity contribution in [3.63, 3.8) is 0 Å². The van der Waals surface area contributed by atoms with Gasteiger partial charge >= 0.3 is 0 Å². The fraction of sp³-hybridized carbons (Fsp3) is 0.486.